The average Bonchev–Trinajstić information content (AvgIpc) is 3.51. The third-order valence-corrected chi connectivity index (χ3v) is 9.14. The minimum absolute atomic E-state index is 0.0332. The Kier molecular flexibility index (Phi) is 8.47. The van der Waals surface area contributed by atoms with Crippen molar-refractivity contribution in [3.8, 4) is 51.0 Å². The number of fused-ring (bicyclic) bond motifs is 3. The highest BCUT2D eigenvalue weighted by Crippen LogP contribution is 2.45. The largest absolute Gasteiger partial charge is 0.417 e. The molecule has 0 amide bonds. The predicted molar refractivity (Wildman–Crippen MR) is 191 cm³/mol. The molecule has 0 saturated heterocycles. The standard InChI is InChI=1S/C42H23F9N4/c43-40(44,45)26-16-20-36-33(21-26)30-13-7-8-14-35(30)55(36)28-17-19-31(32(23-28)29-18-15-27(41(46,47)48)22-34(29)42(49,50)51)39-53-37(24-9-3-1-4-10-24)52-38(54-39)25-11-5-2-6-12-25/h1-23H. The van der Waals surface area contributed by atoms with E-state index in [1.165, 1.54) is 18.2 Å². The third kappa shape index (κ3) is 6.66. The molecule has 0 atom stereocenters. The predicted octanol–water partition coefficient (Wildman–Crippen LogP) is 12.7. The first kappa shape index (κ1) is 35.5. The summed E-state index contributed by atoms with van der Waals surface area (Å²) in [6.45, 7) is 0. The van der Waals surface area contributed by atoms with Crippen LogP contribution in [-0.2, 0) is 18.5 Å². The van der Waals surface area contributed by atoms with E-state index in [-0.39, 0.29) is 45.7 Å². The van der Waals surface area contributed by atoms with Gasteiger partial charge in [0.25, 0.3) is 0 Å². The minimum Gasteiger partial charge on any atom is -0.309 e. The van der Waals surface area contributed by atoms with Crippen LogP contribution in [0.4, 0.5) is 39.5 Å². The lowest BCUT2D eigenvalue weighted by molar-refractivity contribution is -0.143. The minimum atomic E-state index is -5.24. The van der Waals surface area contributed by atoms with Crippen molar-refractivity contribution in [2.75, 3.05) is 0 Å². The Hall–Kier alpha value is -6.50. The highest BCUT2D eigenvalue weighted by molar-refractivity contribution is 6.09. The Bertz CT molecular complexity index is 2660. The monoisotopic (exact) mass is 754 g/mol. The van der Waals surface area contributed by atoms with Crippen LogP contribution in [0.2, 0.25) is 0 Å². The van der Waals surface area contributed by atoms with Gasteiger partial charge in [0.15, 0.2) is 17.5 Å². The summed E-state index contributed by atoms with van der Waals surface area (Å²) in [5.74, 6) is 0.302. The lowest BCUT2D eigenvalue weighted by atomic mass is 9.92. The van der Waals surface area contributed by atoms with Gasteiger partial charge in [-0.2, -0.15) is 39.5 Å². The van der Waals surface area contributed by atoms with E-state index in [0.29, 0.717) is 33.6 Å². The molecule has 2 aromatic heterocycles. The van der Waals surface area contributed by atoms with E-state index in [2.05, 4.69) is 15.0 Å². The van der Waals surface area contributed by atoms with E-state index in [0.717, 1.165) is 18.2 Å². The van der Waals surface area contributed by atoms with E-state index < -0.39 is 40.8 Å². The number of hydrogen-bond acceptors (Lipinski definition) is 3. The van der Waals surface area contributed by atoms with Gasteiger partial charge in [0, 0.05) is 33.2 Å². The van der Waals surface area contributed by atoms with E-state index in [1.807, 2.05) is 0 Å². The molecular weight excluding hydrogens is 731 g/mol. The van der Waals surface area contributed by atoms with Gasteiger partial charge in [0.05, 0.1) is 27.7 Å². The van der Waals surface area contributed by atoms with Crippen molar-refractivity contribution in [1.29, 1.82) is 0 Å². The average molecular weight is 755 g/mol. The highest BCUT2D eigenvalue weighted by atomic mass is 19.4. The first-order chi connectivity index (χ1) is 26.2. The summed E-state index contributed by atoms with van der Waals surface area (Å²) in [6.07, 6.45) is -15.0. The van der Waals surface area contributed by atoms with Gasteiger partial charge >= 0.3 is 18.5 Å². The maximum Gasteiger partial charge on any atom is 0.417 e. The smallest absolute Gasteiger partial charge is 0.309 e. The molecule has 0 spiro atoms. The maximum atomic E-state index is 14.8. The van der Waals surface area contributed by atoms with Crippen LogP contribution >= 0.6 is 0 Å². The summed E-state index contributed by atoms with van der Waals surface area (Å²) in [5.41, 5.74) is -2.58. The number of para-hydroxylation sites is 1. The molecule has 0 aliphatic rings. The third-order valence-electron chi connectivity index (χ3n) is 9.14. The molecule has 0 saturated carbocycles. The van der Waals surface area contributed by atoms with Crippen molar-refractivity contribution >= 4 is 21.8 Å². The van der Waals surface area contributed by atoms with Crippen LogP contribution in [0.25, 0.3) is 72.8 Å². The number of aromatic nitrogens is 4. The molecule has 4 nitrogen and oxygen atoms in total. The molecule has 0 aliphatic heterocycles. The second kappa shape index (κ2) is 13.1. The summed E-state index contributed by atoms with van der Waals surface area (Å²) in [6, 6.07) is 33.0. The van der Waals surface area contributed by atoms with Gasteiger partial charge in [-0.1, -0.05) is 84.9 Å². The van der Waals surface area contributed by atoms with Crippen molar-refractivity contribution in [3.63, 3.8) is 0 Å². The summed E-state index contributed by atoms with van der Waals surface area (Å²) in [7, 11) is 0. The summed E-state index contributed by atoms with van der Waals surface area (Å²) in [5, 5.41) is 0.677. The van der Waals surface area contributed by atoms with Crippen molar-refractivity contribution in [1.82, 2.24) is 19.5 Å². The fourth-order valence-electron chi connectivity index (χ4n) is 6.64. The number of halogens is 9. The first-order valence-corrected chi connectivity index (χ1v) is 16.6. The van der Waals surface area contributed by atoms with Gasteiger partial charge < -0.3 is 4.57 Å². The van der Waals surface area contributed by atoms with Crippen molar-refractivity contribution < 1.29 is 39.5 Å². The summed E-state index contributed by atoms with van der Waals surface area (Å²) >= 11 is 0. The van der Waals surface area contributed by atoms with Gasteiger partial charge in [-0.05, 0) is 65.7 Å². The molecule has 6 aromatic carbocycles. The lowest BCUT2D eigenvalue weighted by Crippen LogP contribution is -2.12. The number of hydrogen-bond donors (Lipinski definition) is 0. The van der Waals surface area contributed by atoms with Crippen LogP contribution in [0.3, 0.4) is 0 Å². The fraction of sp³-hybridized carbons (Fsp3) is 0.0714. The molecule has 0 fully saturated rings. The maximum absolute atomic E-state index is 14.8. The van der Waals surface area contributed by atoms with Gasteiger partial charge in [-0.15, -0.1) is 0 Å². The Morgan fingerprint density at radius 2 is 0.891 bits per heavy atom. The zero-order valence-electron chi connectivity index (χ0n) is 28.0. The Morgan fingerprint density at radius 1 is 0.382 bits per heavy atom. The Labute approximate surface area is 306 Å². The van der Waals surface area contributed by atoms with E-state index in [4.69, 9.17) is 0 Å². The van der Waals surface area contributed by atoms with Crippen molar-refractivity contribution in [2.45, 2.75) is 18.5 Å². The molecule has 0 radical (unpaired) electrons. The van der Waals surface area contributed by atoms with Gasteiger partial charge in [0.2, 0.25) is 0 Å². The molecule has 8 aromatic rings. The number of alkyl halides is 9. The first-order valence-electron chi connectivity index (χ1n) is 16.6. The van der Waals surface area contributed by atoms with Crippen LogP contribution < -0.4 is 0 Å². The molecule has 13 heteroatoms. The molecule has 0 aliphatic carbocycles. The summed E-state index contributed by atoms with van der Waals surface area (Å²) < 4.78 is 129. The SMILES string of the molecule is FC(F)(F)c1ccc(-c2cc(-n3c4ccccc4c4cc(C(F)(F)F)ccc43)ccc2-c2nc(-c3ccccc3)nc(-c3ccccc3)n2)c(C(F)(F)F)c1. The van der Waals surface area contributed by atoms with Crippen molar-refractivity contribution in [2.24, 2.45) is 0 Å². The van der Waals surface area contributed by atoms with Crippen LogP contribution in [0.1, 0.15) is 16.7 Å². The Morgan fingerprint density at radius 3 is 1.49 bits per heavy atom. The van der Waals surface area contributed by atoms with E-state index >= 15 is 0 Å². The molecule has 274 valence electrons. The molecule has 0 bridgehead atoms. The van der Waals surface area contributed by atoms with Crippen LogP contribution in [0.5, 0.6) is 0 Å². The zero-order chi connectivity index (χ0) is 38.7. The molecule has 8 rings (SSSR count). The quantitative estimate of drug-likeness (QED) is 0.164. The Balaban J connectivity index is 1.45. The highest BCUT2D eigenvalue weighted by Gasteiger charge is 2.39. The number of rotatable bonds is 5. The van der Waals surface area contributed by atoms with Gasteiger partial charge in [-0.25, -0.2) is 15.0 Å². The number of nitrogens with zero attached hydrogens (tertiary/aromatic N) is 4. The molecule has 2 heterocycles. The molecular formula is C42H23F9N4. The van der Waals surface area contributed by atoms with Crippen molar-refractivity contribution in [3.05, 3.63) is 156 Å². The van der Waals surface area contributed by atoms with E-state index in [1.54, 1.807) is 95.6 Å². The van der Waals surface area contributed by atoms with E-state index in [9.17, 15) is 39.5 Å². The summed E-state index contributed by atoms with van der Waals surface area (Å²) in [4.78, 5) is 14.0. The van der Waals surface area contributed by atoms with Gasteiger partial charge in [-0.3, -0.25) is 0 Å². The second-order valence-electron chi connectivity index (χ2n) is 12.6. The zero-order valence-corrected chi connectivity index (χ0v) is 28.0. The topological polar surface area (TPSA) is 43.6 Å². The van der Waals surface area contributed by atoms with Gasteiger partial charge in [0.1, 0.15) is 0 Å². The fourth-order valence-corrected chi connectivity index (χ4v) is 6.64. The molecule has 0 N–H and O–H groups in total. The molecule has 0 unspecified atom stereocenters. The number of benzene rings is 6. The lowest BCUT2D eigenvalue weighted by Gasteiger charge is -2.20. The second-order valence-corrected chi connectivity index (χ2v) is 12.6. The van der Waals surface area contributed by atoms with Crippen LogP contribution in [-0.4, -0.2) is 19.5 Å². The normalized spacial score (nSPS) is 12.5. The van der Waals surface area contributed by atoms with Crippen LogP contribution in [0, 0.1) is 0 Å². The molecule has 55 heavy (non-hydrogen) atoms. The van der Waals surface area contributed by atoms with Crippen LogP contribution in [0.15, 0.2) is 140 Å².